The predicted octanol–water partition coefficient (Wildman–Crippen LogP) is 3.04. The van der Waals surface area contributed by atoms with Crippen molar-refractivity contribution in [3.63, 3.8) is 0 Å². The summed E-state index contributed by atoms with van der Waals surface area (Å²) >= 11 is 0. The van der Waals surface area contributed by atoms with Gasteiger partial charge in [0.15, 0.2) is 6.61 Å². The van der Waals surface area contributed by atoms with Gasteiger partial charge in [-0.2, -0.15) is 0 Å². The van der Waals surface area contributed by atoms with Gasteiger partial charge in [-0.05, 0) is 43.2 Å². The highest BCUT2D eigenvalue weighted by Crippen LogP contribution is 2.19. The number of aryl methyl sites for hydroxylation is 2. The first-order valence-corrected chi connectivity index (χ1v) is 6.50. The molecule has 2 rings (SSSR count). The van der Waals surface area contributed by atoms with Gasteiger partial charge in [0.2, 0.25) is 0 Å². The highest BCUT2D eigenvalue weighted by atomic mass is 19.1. The first-order valence-electron chi connectivity index (χ1n) is 6.50. The Hall–Kier alpha value is -2.56. The second-order valence-corrected chi connectivity index (χ2v) is 4.84. The van der Waals surface area contributed by atoms with Crippen molar-refractivity contribution >= 4 is 17.3 Å². The highest BCUT2D eigenvalue weighted by Gasteiger charge is 2.07. The molecule has 0 saturated heterocycles. The first-order chi connectivity index (χ1) is 9.95. The summed E-state index contributed by atoms with van der Waals surface area (Å²) in [6, 6.07) is 9.82. The lowest BCUT2D eigenvalue weighted by atomic mass is 10.2. The Balaban J connectivity index is 1.94. The number of benzene rings is 2. The molecule has 0 radical (unpaired) electrons. The molecule has 2 aromatic rings. The van der Waals surface area contributed by atoms with E-state index in [1.807, 2.05) is 13.0 Å². The van der Waals surface area contributed by atoms with Crippen LogP contribution >= 0.6 is 0 Å². The van der Waals surface area contributed by atoms with Crippen LogP contribution in [0.2, 0.25) is 0 Å². The van der Waals surface area contributed by atoms with Crippen molar-refractivity contribution in [2.45, 2.75) is 13.8 Å². The van der Waals surface area contributed by atoms with E-state index in [2.05, 4.69) is 5.32 Å². The van der Waals surface area contributed by atoms with Gasteiger partial charge in [0, 0.05) is 6.07 Å². The van der Waals surface area contributed by atoms with E-state index in [1.165, 1.54) is 6.07 Å². The number of anilines is 2. The second-order valence-electron chi connectivity index (χ2n) is 4.84. The van der Waals surface area contributed by atoms with E-state index in [9.17, 15) is 9.18 Å². The molecule has 0 aliphatic carbocycles. The molecule has 0 bridgehead atoms. The number of hydrogen-bond donors (Lipinski definition) is 2. The normalized spacial score (nSPS) is 10.2. The number of nitrogens with one attached hydrogen (secondary N) is 1. The lowest BCUT2D eigenvalue weighted by Crippen LogP contribution is -2.20. The van der Waals surface area contributed by atoms with Gasteiger partial charge in [-0.3, -0.25) is 4.79 Å². The summed E-state index contributed by atoms with van der Waals surface area (Å²) in [4.78, 5) is 11.8. The molecular weight excluding hydrogens is 271 g/mol. The zero-order valence-corrected chi connectivity index (χ0v) is 11.9. The Kier molecular flexibility index (Phi) is 4.42. The van der Waals surface area contributed by atoms with Crippen LogP contribution in [0.3, 0.4) is 0 Å². The van der Waals surface area contributed by atoms with Crippen LogP contribution in [0.4, 0.5) is 15.8 Å². The van der Waals surface area contributed by atoms with Crippen LogP contribution < -0.4 is 15.8 Å². The van der Waals surface area contributed by atoms with Crippen LogP contribution in [0.1, 0.15) is 11.1 Å². The van der Waals surface area contributed by atoms with E-state index in [0.717, 1.165) is 5.56 Å². The zero-order chi connectivity index (χ0) is 15.4. The number of amides is 1. The molecule has 4 nitrogen and oxygen atoms in total. The van der Waals surface area contributed by atoms with E-state index in [1.54, 1.807) is 31.2 Å². The van der Waals surface area contributed by atoms with Gasteiger partial charge in [-0.15, -0.1) is 0 Å². The van der Waals surface area contributed by atoms with Crippen LogP contribution in [0.25, 0.3) is 0 Å². The summed E-state index contributed by atoms with van der Waals surface area (Å²) in [5.74, 6) is -0.410. The molecule has 0 aliphatic rings. The van der Waals surface area contributed by atoms with Gasteiger partial charge in [0.1, 0.15) is 11.6 Å². The first kappa shape index (κ1) is 14.8. The molecule has 0 spiro atoms. The average molecular weight is 288 g/mol. The lowest BCUT2D eigenvalue weighted by molar-refractivity contribution is -0.118. The molecule has 0 saturated carbocycles. The van der Waals surface area contributed by atoms with Gasteiger partial charge in [0.05, 0.1) is 11.4 Å². The number of rotatable bonds is 4. The minimum Gasteiger partial charge on any atom is -0.484 e. The van der Waals surface area contributed by atoms with Crippen molar-refractivity contribution in [3.05, 3.63) is 53.3 Å². The third-order valence-corrected chi connectivity index (χ3v) is 2.99. The van der Waals surface area contributed by atoms with Crippen molar-refractivity contribution in [2.75, 3.05) is 17.7 Å². The average Bonchev–Trinajstić information content (AvgIpc) is 2.43. The maximum Gasteiger partial charge on any atom is 0.262 e. The molecule has 1 amide bonds. The molecule has 110 valence electrons. The summed E-state index contributed by atoms with van der Waals surface area (Å²) in [6.45, 7) is 3.36. The largest absolute Gasteiger partial charge is 0.484 e. The van der Waals surface area contributed by atoms with E-state index in [4.69, 9.17) is 10.5 Å². The molecule has 3 N–H and O–H groups in total. The Morgan fingerprint density at radius 2 is 2.00 bits per heavy atom. The smallest absolute Gasteiger partial charge is 0.262 e. The van der Waals surface area contributed by atoms with Crippen LogP contribution in [0, 0.1) is 19.7 Å². The van der Waals surface area contributed by atoms with E-state index in [-0.39, 0.29) is 18.3 Å². The quantitative estimate of drug-likeness (QED) is 0.850. The SMILES string of the molecule is Cc1ccc(NC(=O)COc2ccc(C)c(F)c2)c(N)c1. The molecule has 0 heterocycles. The Bertz CT molecular complexity index is 671. The summed E-state index contributed by atoms with van der Waals surface area (Å²) in [6.07, 6.45) is 0. The fourth-order valence-electron chi connectivity index (χ4n) is 1.79. The molecular formula is C16H17FN2O2. The molecule has 0 atom stereocenters. The minimum atomic E-state index is -0.365. The highest BCUT2D eigenvalue weighted by molar-refractivity contribution is 5.94. The van der Waals surface area contributed by atoms with Crippen LogP contribution in [-0.4, -0.2) is 12.5 Å². The monoisotopic (exact) mass is 288 g/mol. The van der Waals surface area contributed by atoms with Gasteiger partial charge < -0.3 is 15.8 Å². The van der Waals surface area contributed by atoms with Gasteiger partial charge in [-0.1, -0.05) is 12.1 Å². The maximum atomic E-state index is 13.3. The number of carbonyl (C=O) groups is 1. The van der Waals surface area contributed by atoms with Crippen molar-refractivity contribution in [1.82, 2.24) is 0 Å². The van der Waals surface area contributed by atoms with Gasteiger partial charge >= 0.3 is 0 Å². The second kappa shape index (κ2) is 6.26. The predicted molar refractivity (Wildman–Crippen MR) is 80.9 cm³/mol. The summed E-state index contributed by atoms with van der Waals surface area (Å²) in [5, 5.41) is 2.65. The van der Waals surface area contributed by atoms with Crippen LogP contribution in [0.15, 0.2) is 36.4 Å². The fraction of sp³-hybridized carbons (Fsp3) is 0.188. The van der Waals surface area contributed by atoms with Crippen LogP contribution in [-0.2, 0) is 4.79 Å². The number of carbonyl (C=O) groups excluding carboxylic acids is 1. The molecule has 21 heavy (non-hydrogen) atoms. The molecule has 0 fully saturated rings. The number of halogens is 1. The third kappa shape index (κ3) is 3.95. The lowest BCUT2D eigenvalue weighted by Gasteiger charge is -2.10. The minimum absolute atomic E-state index is 0.212. The summed E-state index contributed by atoms with van der Waals surface area (Å²) in [5.41, 5.74) is 8.37. The van der Waals surface area contributed by atoms with Gasteiger partial charge in [-0.25, -0.2) is 4.39 Å². The summed E-state index contributed by atoms with van der Waals surface area (Å²) < 4.78 is 18.6. The summed E-state index contributed by atoms with van der Waals surface area (Å²) in [7, 11) is 0. The fourth-order valence-corrected chi connectivity index (χ4v) is 1.79. The number of ether oxygens (including phenoxy) is 1. The number of nitrogen functional groups attached to an aromatic ring is 1. The van der Waals surface area contributed by atoms with Crippen molar-refractivity contribution in [2.24, 2.45) is 0 Å². The standard InChI is InChI=1S/C16H17FN2O2/c1-10-3-6-15(14(18)7-10)19-16(20)9-21-12-5-4-11(2)13(17)8-12/h3-8H,9,18H2,1-2H3,(H,19,20). The van der Waals surface area contributed by atoms with Crippen molar-refractivity contribution in [3.8, 4) is 5.75 Å². The van der Waals surface area contributed by atoms with Crippen molar-refractivity contribution < 1.29 is 13.9 Å². The number of hydrogen-bond acceptors (Lipinski definition) is 3. The van der Waals surface area contributed by atoms with E-state index < -0.39 is 0 Å². The third-order valence-electron chi connectivity index (χ3n) is 2.99. The Labute approximate surface area is 122 Å². The van der Waals surface area contributed by atoms with Gasteiger partial charge in [0.25, 0.3) is 5.91 Å². The Morgan fingerprint density at radius 1 is 1.24 bits per heavy atom. The van der Waals surface area contributed by atoms with Crippen molar-refractivity contribution in [1.29, 1.82) is 0 Å². The molecule has 5 heteroatoms. The molecule has 0 aromatic heterocycles. The topological polar surface area (TPSA) is 64.3 Å². The number of nitrogens with two attached hydrogens (primary N) is 1. The van der Waals surface area contributed by atoms with E-state index in [0.29, 0.717) is 22.7 Å². The molecule has 0 unspecified atom stereocenters. The zero-order valence-electron chi connectivity index (χ0n) is 11.9. The molecule has 0 aliphatic heterocycles. The molecule has 2 aromatic carbocycles. The van der Waals surface area contributed by atoms with E-state index >= 15 is 0 Å². The maximum absolute atomic E-state index is 13.3. The Morgan fingerprint density at radius 3 is 2.67 bits per heavy atom. The van der Waals surface area contributed by atoms with Crippen LogP contribution in [0.5, 0.6) is 5.75 Å².